The Bertz CT molecular complexity index is 1150. The SMILES string of the molecule is Cc1cc(C)n(Cc2cccc(NC(=O)CCn3nc(C(F)(F)F)c(Br)c3C3CC3)c2)n1. The molecule has 170 valence electrons. The summed E-state index contributed by atoms with van der Waals surface area (Å²) in [6.45, 7) is 4.58. The van der Waals surface area contributed by atoms with Crippen molar-refractivity contribution in [1.29, 1.82) is 0 Å². The highest BCUT2D eigenvalue weighted by Gasteiger charge is 2.41. The first-order valence-corrected chi connectivity index (χ1v) is 11.1. The summed E-state index contributed by atoms with van der Waals surface area (Å²) in [6, 6.07) is 9.45. The van der Waals surface area contributed by atoms with E-state index in [-0.39, 0.29) is 29.3 Å². The van der Waals surface area contributed by atoms with Crippen molar-refractivity contribution >= 4 is 27.5 Å². The summed E-state index contributed by atoms with van der Waals surface area (Å²) in [5.41, 5.74) is 3.20. The van der Waals surface area contributed by atoms with Gasteiger partial charge in [0.1, 0.15) is 0 Å². The molecule has 1 aliphatic rings. The summed E-state index contributed by atoms with van der Waals surface area (Å²) in [6.07, 6.45) is -2.86. The minimum absolute atomic E-state index is 0.00948. The highest BCUT2D eigenvalue weighted by Crippen LogP contribution is 2.47. The second-order valence-corrected chi connectivity index (χ2v) is 8.92. The van der Waals surface area contributed by atoms with Crippen molar-refractivity contribution in [2.24, 2.45) is 0 Å². The zero-order valence-corrected chi connectivity index (χ0v) is 19.3. The van der Waals surface area contributed by atoms with E-state index in [0.717, 1.165) is 29.8 Å². The van der Waals surface area contributed by atoms with E-state index in [0.29, 0.717) is 17.9 Å². The standard InChI is InChI=1S/C22H23BrF3N5O/c1-13-10-14(2)31(28-13)12-15-4-3-5-17(11-15)27-18(32)8-9-30-20(16-6-7-16)19(23)21(29-30)22(24,25)26/h3-5,10-11,16H,6-9,12H2,1-2H3,(H,27,32). The number of hydrogen-bond donors (Lipinski definition) is 1. The van der Waals surface area contributed by atoms with Crippen molar-refractivity contribution in [2.75, 3.05) is 5.32 Å². The van der Waals surface area contributed by atoms with E-state index in [9.17, 15) is 18.0 Å². The number of alkyl halides is 3. The summed E-state index contributed by atoms with van der Waals surface area (Å²) in [5.74, 6) is -0.225. The Morgan fingerprint density at radius 2 is 1.94 bits per heavy atom. The average Bonchev–Trinajstić information content (AvgIpc) is 3.40. The first kappa shape index (κ1) is 22.6. The number of aromatic nitrogens is 4. The Kier molecular flexibility index (Phi) is 6.15. The van der Waals surface area contributed by atoms with Crippen molar-refractivity contribution in [1.82, 2.24) is 19.6 Å². The molecular weight excluding hydrogens is 487 g/mol. The lowest BCUT2D eigenvalue weighted by Gasteiger charge is -2.10. The molecule has 0 spiro atoms. The summed E-state index contributed by atoms with van der Waals surface area (Å²) >= 11 is 3.07. The Balaban J connectivity index is 1.41. The van der Waals surface area contributed by atoms with Crippen LogP contribution in [0.5, 0.6) is 0 Å². The van der Waals surface area contributed by atoms with Gasteiger partial charge < -0.3 is 5.32 Å². The zero-order chi connectivity index (χ0) is 23.0. The molecule has 0 bridgehead atoms. The lowest BCUT2D eigenvalue weighted by atomic mass is 10.2. The molecule has 1 aliphatic carbocycles. The Morgan fingerprint density at radius 3 is 2.56 bits per heavy atom. The zero-order valence-electron chi connectivity index (χ0n) is 17.7. The third-order valence-corrected chi connectivity index (χ3v) is 6.14. The van der Waals surface area contributed by atoms with E-state index < -0.39 is 11.9 Å². The number of nitrogens with one attached hydrogen (secondary N) is 1. The van der Waals surface area contributed by atoms with E-state index in [1.807, 2.05) is 42.8 Å². The van der Waals surface area contributed by atoms with E-state index in [4.69, 9.17) is 0 Å². The first-order chi connectivity index (χ1) is 15.1. The lowest BCUT2D eigenvalue weighted by Crippen LogP contribution is -2.17. The van der Waals surface area contributed by atoms with E-state index in [1.54, 1.807) is 6.07 Å². The van der Waals surface area contributed by atoms with Gasteiger partial charge in [0.15, 0.2) is 5.69 Å². The van der Waals surface area contributed by atoms with E-state index >= 15 is 0 Å². The molecule has 6 nitrogen and oxygen atoms in total. The third-order valence-electron chi connectivity index (χ3n) is 5.36. The summed E-state index contributed by atoms with van der Waals surface area (Å²) in [5, 5.41) is 11.0. The second kappa shape index (κ2) is 8.73. The lowest BCUT2D eigenvalue weighted by molar-refractivity contribution is -0.142. The van der Waals surface area contributed by atoms with Crippen LogP contribution >= 0.6 is 15.9 Å². The quantitative estimate of drug-likeness (QED) is 0.461. The van der Waals surface area contributed by atoms with Gasteiger partial charge in [-0.3, -0.25) is 14.2 Å². The van der Waals surface area contributed by atoms with Crippen LogP contribution in [0.1, 0.15) is 53.5 Å². The fraction of sp³-hybridized carbons (Fsp3) is 0.409. The van der Waals surface area contributed by atoms with Crippen LogP contribution in [0.2, 0.25) is 0 Å². The summed E-state index contributed by atoms with van der Waals surface area (Å²) in [7, 11) is 0. The average molecular weight is 510 g/mol. The van der Waals surface area contributed by atoms with E-state index in [1.165, 1.54) is 4.68 Å². The van der Waals surface area contributed by atoms with Gasteiger partial charge in [-0.15, -0.1) is 0 Å². The number of carbonyl (C=O) groups excluding carboxylic acids is 1. The normalized spacial score (nSPS) is 14.1. The van der Waals surface area contributed by atoms with Gasteiger partial charge in [-0.25, -0.2) is 0 Å². The van der Waals surface area contributed by atoms with Crippen LogP contribution in [0.25, 0.3) is 0 Å². The maximum absolute atomic E-state index is 13.2. The number of benzene rings is 1. The molecule has 0 atom stereocenters. The molecule has 0 radical (unpaired) electrons. The van der Waals surface area contributed by atoms with Crippen LogP contribution in [-0.2, 0) is 24.1 Å². The first-order valence-electron chi connectivity index (χ1n) is 10.3. The molecule has 2 aromatic heterocycles. The molecule has 1 saturated carbocycles. The number of anilines is 1. The Labute approximate surface area is 191 Å². The molecule has 1 N–H and O–H groups in total. The molecule has 10 heteroatoms. The number of nitrogens with zero attached hydrogens (tertiary/aromatic N) is 4. The number of carbonyl (C=O) groups is 1. The van der Waals surface area contributed by atoms with Gasteiger partial charge in [0.05, 0.1) is 29.0 Å². The Morgan fingerprint density at radius 1 is 1.19 bits per heavy atom. The van der Waals surface area contributed by atoms with Crippen molar-refractivity contribution in [3.63, 3.8) is 0 Å². The molecule has 0 saturated heterocycles. The summed E-state index contributed by atoms with van der Waals surface area (Å²) in [4.78, 5) is 12.5. The number of amides is 1. The molecule has 1 aromatic carbocycles. The fourth-order valence-corrected chi connectivity index (χ4v) is 4.57. The number of aryl methyl sites for hydroxylation is 3. The van der Waals surface area contributed by atoms with Crippen molar-refractivity contribution in [3.8, 4) is 0 Å². The molecule has 0 aliphatic heterocycles. The van der Waals surface area contributed by atoms with Gasteiger partial charge in [-0.05, 0) is 66.4 Å². The highest BCUT2D eigenvalue weighted by molar-refractivity contribution is 9.10. The smallest absolute Gasteiger partial charge is 0.326 e. The van der Waals surface area contributed by atoms with Gasteiger partial charge in [0.2, 0.25) is 5.91 Å². The highest BCUT2D eigenvalue weighted by atomic mass is 79.9. The minimum Gasteiger partial charge on any atom is -0.326 e. The van der Waals surface area contributed by atoms with Crippen LogP contribution in [-0.4, -0.2) is 25.5 Å². The largest absolute Gasteiger partial charge is 0.436 e. The van der Waals surface area contributed by atoms with Crippen LogP contribution in [0.3, 0.4) is 0 Å². The number of halogens is 4. The van der Waals surface area contributed by atoms with Gasteiger partial charge in [-0.2, -0.15) is 23.4 Å². The van der Waals surface area contributed by atoms with Crippen molar-refractivity contribution in [3.05, 3.63) is 63.1 Å². The topological polar surface area (TPSA) is 64.7 Å². The van der Waals surface area contributed by atoms with Gasteiger partial charge in [0, 0.05) is 23.7 Å². The van der Waals surface area contributed by atoms with Crippen LogP contribution < -0.4 is 5.32 Å². The van der Waals surface area contributed by atoms with Gasteiger partial charge >= 0.3 is 6.18 Å². The summed E-state index contributed by atoms with van der Waals surface area (Å²) < 4.78 is 42.9. The molecule has 32 heavy (non-hydrogen) atoms. The molecule has 2 heterocycles. The maximum atomic E-state index is 13.2. The number of hydrogen-bond acceptors (Lipinski definition) is 3. The Hall–Kier alpha value is -2.62. The van der Waals surface area contributed by atoms with Crippen LogP contribution in [0.15, 0.2) is 34.8 Å². The number of rotatable bonds is 7. The van der Waals surface area contributed by atoms with Crippen LogP contribution in [0, 0.1) is 13.8 Å². The molecule has 3 aromatic rings. The van der Waals surface area contributed by atoms with Crippen molar-refractivity contribution in [2.45, 2.75) is 58.3 Å². The second-order valence-electron chi connectivity index (χ2n) is 8.13. The van der Waals surface area contributed by atoms with Crippen molar-refractivity contribution < 1.29 is 18.0 Å². The third kappa shape index (κ3) is 5.06. The fourth-order valence-electron chi connectivity index (χ4n) is 3.74. The molecule has 1 fully saturated rings. The van der Waals surface area contributed by atoms with Gasteiger partial charge in [0.25, 0.3) is 0 Å². The molecule has 1 amide bonds. The molecule has 0 unspecified atom stereocenters. The predicted molar refractivity (Wildman–Crippen MR) is 117 cm³/mol. The predicted octanol–water partition coefficient (Wildman–Crippen LogP) is 5.43. The molecular formula is C22H23BrF3N5O. The monoisotopic (exact) mass is 509 g/mol. The van der Waals surface area contributed by atoms with E-state index in [2.05, 4.69) is 31.4 Å². The molecule has 4 rings (SSSR count). The van der Waals surface area contributed by atoms with Crippen LogP contribution in [0.4, 0.5) is 18.9 Å². The van der Waals surface area contributed by atoms with Gasteiger partial charge in [-0.1, -0.05) is 12.1 Å². The minimum atomic E-state index is -4.54. The maximum Gasteiger partial charge on any atom is 0.436 e.